The van der Waals surface area contributed by atoms with E-state index in [0.29, 0.717) is 13.0 Å². The summed E-state index contributed by atoms with van der Waals surface area (Å²) in [6.07, 6.45) is 2.67. The maximum absolute atomic E-state index is 9.35. The Morgan fingerprint density at radius 2 is 2.00 bits per heavy atom. The molecule has 0 rings (SSSR count). The summed E-state index contributed by atoms with van der Waals surface area (Å²) in [5.74, 6) is 0. The van der Waals surface area contributed by atoms with E-state index in [1.165, 1.54) is 0 Å². The van der Waals surface area contributed by atoms with Crippen molar-refractivity contribution >= 4 is 0 Å². The molecular formula is C9H20O3. The van der Waals surface area contributed by atoms with E-state index in [1.807, 2.05) is 0 Å². The fraction of sp³-hybridized carbons (Fsp3) is 1.00. The van der Waals surface area contributed by atoms with Crippen LogP contribution in [0.3, 0.4) is 0 Å². The SMILES string of the molecule is CCCCOCC[C@](C)(O)CO. The topological polar surface area (TPSA) is 49.7 Å². The molecule has 0 aliphatic carbocycles. The average molecular weight is 176 g/mol. The van der Waals surface area contributed by atoms with Gasteiger partial charge < -0.3 is 14.9 Å². The highest BCUT2D eigenvalue weighted by molar-refractivity contribution is 4.69. The number of unbranched alkanes of at least 4 members (excludes halogenated alkanes) is 1. The third-order valence-corrected chi connectivity index (χ3v) is 1.77. The molecule has 0 unspecified atom stereocenters. The van der Waals surface area contributed by atoms with Gasteiger partial charge >= 0.3 is 0 Å². The zero-order valence-corrected chi connectivity index (χ0v) is 8.05. The number of aliphatic hydroxyl groups excluding tert-OH is 1. The maximum atomic E-state index is 9.35. The van der Waals surface area contributed by atoms with E-state index >= 15 is 0 Å². The zero-order valence-electron chi connectivity index (χ0n) is 8.05. The summed E-state index contributed by atoms with van der Waals surface area (Å²) in [6.45, 7) is 4.78. The lowest BCUT2D eigenvalue weighted by Gasteiger charge is -2.19. The molecule has 0 heterocycles. The van der Waals surface area contributed by atoms with Gasteiger partial charge in [0.25, 0.3) is 0 Å². The predicted octanol–water partition coefficient (Wildman–Crippen LogP) is 0.936. The Morgan fingerprint density at radius 1 is 1.33 bits per heavy atom. The van der Waals surface area contributed by atoms with Gasteiger partial charge in [0.15, 0.2) is 0 Å². The Hall–Kier alpha value is -0.120. The number of ether oxygens (including phenoxy) is 1. The minimum Gasteiger partial charge on any atom is -0.393 e. The van der Waals surface area contributed by atoms with Crippen LogP contribution in [0.25, 0.3) is 0 Å². The van der Waals surface area contributed by atoms with Crippen LogP contribution in [0, 0.1) is 0 Å². The van der Waals surface area contributed by atoms with Gasteiger partial charge in [-0.25, -0.2) is 0 Å². The molecule has 0 bridgehead atoms. The van der Waals surface area contributed by atoms with E-state index in [9.17, 15) is 5.11 Å². The number of hydrogen-bond donors (Lipinski definition) is 2. The first-order valence-electron chi connectivity index (χ1n) is 4.53. The van der Waals surface area contributed by atoms with Crippen LogP contribution in [0.4, 0.5) is 0 Å². The van der Waals surface area contributed by atoms with Gasteiger partial charge in [-0.2, -0.15) is 0 Å². The second kappa shape index (κ2) is 6.40. The van der Waals surface area contributed by atoms with E-state index in [4.69, 9.17) is 9.84 Å². The van der Waals surface area contributed by atoms with Gasteiger partial charge in [-0.05, 0) is 13.3 Å². The highest BCUT2D eigenvalue weighted by Gasteiger charge is 2.17. The van der Waals surface area contributed by atoms with Crippen LogP contribution in [-0.4, -0.2) is 35.6 Å². The van der Waals surface area contributed by atoms with Gasteiger partial charge in [0, 0.05) is 19.6 Å². The van der Waals surface area contributed by atoms with Gasteiger partial charge in [-0.1, -0.05) is 13.3 Å². The highest BCUT2D eigenvalue weighted by Crippen LogP contribution is 2.07. The largest absolute Gasteiger partial charge is 0.393 e. The van der Waals surface area contributed by atoms with Crippen LogP contribution in [-0.2, 0) is 4.74 Å². The van der Waals surface area contributed by atoms with Crippen LogP contribution < -0.4 is 0 Å². The van der Waals surface area contributed by atoms with E-state index in [0.717, 1.165) is 19.4 Å². The van der Waals surface area contributed by atoms with Crippen molar-refractivity contribution < 1.29 is 14.9 Å². The third kappa shape index (κ3) is 6.58. The minimum atomic E-state index is -0.980. The quantitative estimate of drug-likeness (QED) is 0.567. The molecule has 0 saturated heterocycles. The summed E-state index contributed by atoms with van der Waals surface area (Å²) in [6, 6.07) is 0. The molecule has 0 saturated carbocycles. The number of aliphatic hydroxyl groups is 2. The van der Waals surface area contributed by atoms with E-state index in [-0.39, 0.29) is 6.61 Å². The highest BCUT2D eigenvalue weighted by atomic mass is 16.5. The first-order valence-corrected chi connectivity index (χ1v) is 4.53. The standard InChI is InChI=1S/C9H20O3/c1-3-4-6-12-7-5-9(2,11)8-10/h10-11H,3-8H2,1-2H3/t9-/m0/s1. The number of rotatable bonds is 7. The van der Waals surface area contributed by atoms with Gasteiger partial charge in [-0.15, -0.1) is 0 Å². The molecule has 3 nitrogen and oxygen atoms in total. The number of hydrogen-bond acceptors (Lipinski definition) is 3. The predicted molar refractivity (Wildman–Crippen MR) is 48.1 cm³/mol. The molecule has 1 atom stereocenters. The van der Waals surface area contributed by atoms with Crippen LogP contribution in [0.15, 0.2) is 0 Å². The Balaban J connectivity index is 3.19. The van der Waals surface area contributed by atoms with E-state index in [1.54, 1.807) is 6.92 Å². The van der Waals surface area contributed by atoms with Crippen molar-refractivity contribution in [1.82, 2.24) is 0 Å². The van der Waals surface area contributed by atoms with Crippen molar-refractivity contribution in [2.75, 3.05) is 19.8 Å². The molecule has 2 N–H and O–H groups in total. The molecule has 0 aromatic carbocycles. The summed E-state index contributed by atoms with van der Waals surface area (Å²) >= 11 is 0. The molecule has 3 heteroatoms. The smallest absolute Gasteiger partial charge is 0.0871 e. The molecule has 0 aromatic rings. The summed E-state index contributed by atoms with van der Waals surface area (Å²) in [5, 5.41) is 18.0. The van der Waals surface area contributed by atoms with Gasteiger partial charge in [0.2, 0.25) is 0 Å². The molecule has 0 fully saturated rings. The van der Waals surface area contributed by atoms with Gasteiger partial charge in [0.1, 0.15) is 0 Å². The summed E-state index contributed by atoms with van der Waals surface area (Å²) < 4.78 is 5.24. The molecular weight excluding hydrogens is 156 g/mol. The van der Waals surface area contributed by atoms with Crippen molar-refractivity contribution in [2.45, 2.75) is 38.7 Å². The molecule has 0 aliphatic heterocycles. The van der Waals surface area contributed by atoms with Crippen molar-refractivity contribution in [2.24, 2.45) is 0 Å². The summed E-state index contributed by atoms with van der Waals surface area (Å²) in [5.41, 5.74) is -0.980. The van der Waals surface area contributed by atoms with Gasteiger partial charge in [0.05, 0.1) is 12.2 Å². The molecule has 74 valence electrons. The van der Waals surface area contributed by atoms with Crippen molar-refractivity contribution in [3.8, 4) is 0 Å². The lowest BCUT2D eigenvalue weighted by molar-refractivity contribution is -0.0268. The molecule has 0 radical (unpaired) electrons. The first kappa shape index (κ1) is 11.9. The monoisotopic (exact) mass is 176 g/mol. The molecule has 0 spiro atoms. The van der Waals surface area contributed by atoms with E-state index < -0.39 is 5.60 Å². The van der Waals surface area contributed by atoms with Crippen molar-refractivity contribution in [1.29, 1.82) is 0 Å². The Bertz CT molecular complexity index is 102. The fourth-order valence-electron chi connectivity index (χ4n) is 0.720. The summed E-state index contributed by atoms with van der Waals surface area (Å²) in [7, 11) is 0. The fourth-order valence-corrected chi connectivity index (χ4v) is 0.720. The normalized spacial score (nSPS) is 16.0. The minimum absolute atomic E-state index is 0.204. The Labute approximate surface area is 74.4 Å². The van der Waals surface area contributed by atoms with Crippen LogP contribution >= 0.6 is 0 Å². The Kier molecular flexibility index (Phi) is 6.34. The second-order valence-corrected chi connectivity index (χ2v) is 3.37. The average Bonchev–Trinajstić information content (AvgIpc) is 2.04. The van der Waals surface area contributed by atoms with Crippen molar-refractivity contribution in [3.63, 3.8) is 0 Å². The molecule has 12 heavy (non-hydrogen) atoms. The zero-order chi connectivity index (χ0) is 9.45. The van der Waals surface area contributed by atoms with Crippen molar-refractivity contribution in [3.05, 3.63) is 0 Å². The van der Waals surface area contributed by atoms with E-state index in [2.05, 4.69) is 6.92 Å². The molecule has 0 amide bonds. The maximum Gasteiger partial charge on any atom is 0.0871 e. The van der Waals surface area contributed by atoms with Crippen LogP contribution in [0.2, 0.25) is 0 Å². The molecule has 0 aliphatic rings. The lowest BCUT2D eigenvalue weighted by atomic mass is 10.1. The first-order chi connectivity index (χ1) is 5.62. The lowest BCUT2D eigenvalue weighted by Crippen LogP contribution is -2.30. The van der Waals surface area contributed by atoms with Gasteiger partial charge in [-0.3, -0.25) is 0 Å². The Morgan fingerprint density at radius 3 is 2.50 bits per heavy atom. The second-order valence-electron chi connectivity index (χ2n) is 3.37. The van der Waals surface area contributed by atoms with Crippen LogP contribution in [0.1, 0.15) is 33.1 Å². The van der Waals surface area contributed by atoms with Crippen LogP contribution in [0.5, 0.6) is 0 Å². The third-order valence-electron chi connectivity index (χ3n) is 1.77. The molecule has 0 aromatic heterocycles. The summed E-state index contributed by atoms with van der Waals surface area (Å²) in [4.78, 5) is 0.